The normalized spacial score (nSPS) is 19.1. The minimum Gasteiger partial charge on any atom is -0.370 e. The topological polar surface area (TPSA) is 58.4 Å². The lowest BCUT2D eigenvalue weighted by Gasteiger charge is -2.33. The maximum absolute atomic E-state index is 11.3. The molecule has 2 rings (SSSR count). The highest BCUT2D eigenvalue weighted by Gasteiger charge is 2.25. The van der Waals surface area contributed by atoms with Gasteiger partial charge in [0.15, 0.2) is 0 Å². The summed E-state index contributed by atoms with van der Waals surface area (Å²) in [6.07, 6.45) is 1.85. The molecular formula is C15H22ClN3O. The molecule has 1 unspecified atom stereocenters. The lowest BCUT2D eigenvalue weighted by molar-refractivity contribution is -0.122. The van der Waals surface area contributed by atoms with E-state index in [9.17, 15) is 4.79 Å². The molecule has 0 radical (unpaired) electrons. The summed E-state index contributed by atoms with van der Waals surface area (Å²) >= 11 is 6.38. The van der Waals surface area contributed by atoms with Gasteiger partial charge in [-0.05, 0) is 37.1 Å². The van der Waals surface area contributed by atoms with E-state index in [2.05, 4.69) is 23.2 Å². The standard InChI is InChI=1S/C15H22ClN3O/c1-2-18-9-11-5-6-14(13(16)8-11)19-7-3-4-12(10-19)15(17)20/h5-6,8,12,18H,2-4,7,9-10H2,1H3,(H2,17,20). The molecule has 1 aliphatic rings. The van der Waals surface area contributed by atoms with Crippen molar-refractivity contribution in [3.8, 4) is 0 Å². The molecule has 0 aliphatic carbocycles. The fourth-order valence-electron chi connectivity index (χ4n) is 2.61. The van der Waals surface area contributed by atoms with E-state index in [0.29, 0.717) is 6.54 Å². The zero-order valence-corrected chi connectivity index (χ0v) is 12.6. The molecule has 5 heteroatoms. The predicted molar refractivity (Wildman–Crippen MR) is 83.0 cm³/mol. The number of halogens is 1. The molecule has 1 saturated heterocycles. The average molecular weight is 296 g/mol. The van der Waals surface area contributed by atoms with Crippen LogP contribution < -0.4 is 16.0 Å². The first-order valence-corrected chi connectivity index (χ1v) is 7.53. The highest BCUT2D eigenvalue weighted by atomic mass is 35.5. The summed E-state index contributed by atoms with van der Waals surface area (Å²) in [5, 5.41) is 4.02. The van der Waals surface area contributed by atoms with Crippen LogP contribution in [0.15, 0.2) is 18.2 Å². The molecule has 4 nitrogen and oxygen atoms in total. The predicted octanol–water partition coefficient (Wildman–Crippen LogP) is 2.15. The van der Waals surface area contributed by atoms with Crippen molar-refractivity contribution >= 4 is 23.2 Å². The molecule has 1 aromatic rings. The maximum atomic E-state index is 11.3. The van der Waals surface area contributed by atoms with Gasteiger partial charge in [-0.1, -0.05) is 24.6 Å². The lowest BCUT2D eigenvalue weighted by atomic mass is 9.97. The Labute approximate surface area is 125 Å². The highest BCUT2D eigenvalue weighted by molar-refractivity contribution is 6.33. The van der Waals surface area contributed by atoms with Gasteiger partial charge in [0.2, 0.25) is 5.91 Å². The molecule has 1 atom stereocenters. The van der Waals surface area contributed by atoms with Gasteiger partial charge in [0.1, 0.15) is 0 Å². The second-order valence-electron chi connectivity index (χ2n) is 5.25. The first-order chi connectivity index (χ1) is 9.61. The van der Waals surface area contributed by atoms with Crippen LogP contribution in [-0.2, 0) is 11.3 Å². The lowest BCUT2D eigenvalue weighted by Crippen LogP contribution is -2.41. The van der Waals surface area contributed by atoms with Crippen molar-refractivity contribution in [2.45, 2.75) is 26.3 Å². The first-order valence-electron chi connectivity index (χ1n) is 7.15. The number of anilines is 1. The van der Waals surface area contributed by atoms with Crippen molar-refractivity contribution in [3.63, 3.8) is 0 Å². The number of nitrogens with one attached hydrogen (secondary N) is 1. The number of amides is 1. The monoisotopic (exact) mass is 295 g/mol. The van der Waals surface area contributed by atoms with Crippen LogP contribution in [0.1, 0.15) is 25.3 Å². The Morgan fingerprint density at radius 1 is 1.55 bits per heavy atom. The van der Waals surface area contributed by atoms with E-state index in [1.807, 2.05) is 12.1 Å². The number of carbonyl (C=O) groups excluding carboxylic acids is 1. The molecule has 3 N–H and O–H groups in total. The second kappa shape index (κ2) is 6.95. The van der Waals surface area contributed by atoms with Crippen LogP contribution >= 0.6 is 11.6 Å². The Kier molecular flexibility index (Phi) is 5.26. The van der Waals surface area contributed by atoms with E-state index in [4.69, 9.17) is 17.3 Å². The minimum atomic E-state index is -0.213. The van der Waals surface area contributed by atoms with Crippen molar-refractivity contribution in [2.24, 2.45) is 11.7 Å². The molecule has 1 amide bonds. The zero-order chi connectivity index (χ0) is 14.5. The summed E-state index contributed by atoms with van der Waals surface area (Å²) in [5.74, 6) is -0.282. The number of carbonyl (C=O) groups is 1. The van der Waals surface area contributed by atoms with Crippen LogP contribution in [0.2, 0.25) is 5.02 Å². The summed E-state index contributed by atoms with van der Waals surface area (Å²) in [6, 6.07) is 6.11. The number of nitrogens with two attached hydrogens (primary N) is 1. The third-order valence-electron chi connectivity index (χ3n) is 3.76. The number of hydrogen-bond donors (Lipinski definition) is 2. The van der Waals surface area contributed by atoms with Gasteiger partial charge >= 0.3 is 0 Å². The van der Waals surface area contributed by atoms with Gasteiger partial charge in [-0.2, -0.15) is 0 Å². The van der Waals surface area contributed by atoms with Crippen molar-refractivity contribution in [2.75, 3.05) is 24.5 Å². The van der Waals surface area contributed by atoms with Crippen LogP contribution in [-0.4, -0.2) is 25.5 Å². The van der Waals surface area contributed by atoms with Gasteiger partial charge < -0.3 is 16.0 Å². The summed E-state index contributed by atoms with van der Waals surface area (Å²) < 4.78 is 0. The molecule has 0 bridgehead atoms. The smallest absolute Gasteiger partial charge is 0.222 e. The molecular weight excluding hydrogens is 274 g/mol. The fourth-order valence-corrected chi connectivity index (χ4v) is 2.94. The van der Waals surface area contributed by atoms with Crippen LogP contribution in [0.4, 0.5) is 5.69 Å². The van der Waals surface area contributed by atoms with Crippen molar-refractivity contribution in [1.82, 2.24) is 5.32 Å². The van der Waals surface area contributed by atoms with E-state index < -0.39 is 0 Å². The molecule has 1 fully saturated rings. The molecule has 0 saturated carbocycles. The zero-order valence-electron chi connectivity index (χ0n) is 11.9. The van der Waals surface area contributed by atoms with E-state index in [1.54, 1.807) is 0 Å². The van der Waals surface area contributed by atoms with E-state index >= 15 is 0 Å². The number of piperidine rings is 1. The van der Waals surface area contributed by atoms with Gasteiger partial charge in [0.25, 0.3) is 0 Å². The number of hydrogen-bond acceptors (Lipinski definition) is 3. The summed E-state index contributed by atoms with van der Waals surface area (Å²) in [5.41, 5.74) is 7.59. The van der Waals surface area contributed by atoms with Gasteiger partial charge in [0, 0.05) is 19.6 Å². The van der Waals surface area contributed by atoms with Gasteiger partial charge in [-0.3, -0.25) is 4.79 Å². The van der Waals surface area contributed by atoms with Crippen LogP contribution in [0.3, 0.4) is 0 Å². The quantitative estimate of drug-likeness (QED) is 0.875. The van der Waals surface area contributed by atoms with Gasteiger partial charge in [0.05, 0.1) is 16.6 Å². The molecule has 20 heavy (non-hydrogen) atoms. The van der Waals surface area contributed by atoms with Crippen molar-refractivity contribution in [3.05, 3.63) is 28.8 Å². The highest BCUT2D eigenvalue weighted by Crippen LogP contribution is 2.30. The van der Waals surface area contributed by atoms with Crippen molar-refractivity contribution < 1.29 is 4.79 Å². The van der Waals surface area contributed by atoms with Crippen molar-refractivity contribution in [1.29, 1.82) is 0 Å². The van der Waals surface area contributed by atoms with E-state index in [1.165, 1.54) is 5.56 Å². The molecule has 0 aromatic heterocycles. The SMILES string of the molecule is CCNCc1ccc(N2CCCC(C(N)=O)C2)c(Cl)c1. The van der Waals surface area contributed by atoms with Crippen LogP contribution in [0, 0.1) is 5.92 Å². The number of benzene rings is 1. The van der Waals surface area contributed by atoms with Crippen LogP contribution in [0.25, 0.3) is 0 Å². The third kappa shape index (κ3) is 3.64. The minimum absolute atomic E-state index is 0.0683. The Morgan fingerprint density at radius 3 is 3.00 bits per heavy atom. The Bertz CT molecular complexity index is 478. The van der Waals surface area contributed by atoms with Gasteiger partial charge in [-0.15, -0.1) is 0 Å². The summed E-state index contributed by atoms with van der Waals surface area (Å²) in [7, 11) is 0. The van der Waals surface area contributed by atoms with E-state index in [0.717, 1.165) is 43.2 Å². The Morgan fingerprint density at radius 2 is 2.35 bits per heavy atom. The Hall–Kier alpha value is -1.26. The summed E-state index contributed by atoms with van der Waals surface area (Å²) in [4.78, 5) is 13.5. The molecule has 1 heterocycles. The van der Waals surface area contributed by atoms with E-state index in [-0.39, 0.29) is 11.8 Å². The summed E-state index contributed by atoms with van der Waals surface area (Å²) in [6.45, 7) is 5.43. The second-order valence-corrected chi connectivity index (χ2v) is 5.66. The molecule has 0 spiro atoms. The molecule has 1 aliphatic heterocycles. The van der Waals surface area contributed by atoms with Gasteiger partial charge in [-0.25, -0.2) is 0 Å². The number of nitrogens with zero attached hydrogens (tertiary/aromatic N) is 1. The molecule has 1 aromatic carbocycles. The number of primary amides is 1. The maximum Gasteiger partial charge on any atom is 0.222 e. The number of rotatable bonds is 5. The molecule has 110 valence electrons. The fraction of sp³-hybridized carbons (Fsp3) is 0.533. The third-order valence-corrected chi connectivity index (χ3v) is 4.06. The van der Waals surface area contributed by atoms with Crippen LogP contribution in [0.5, 0.6) is 0 Å². The Balaban J connectivity index is 2.10. The largest absolute Gasteiger partial charge is 0.370 e. The first kappa shape index (κ1) is 15.1. The average Bonchev–Trinajstić information content (AvgIpc) is 2.45.